The first-order valence-corrected chi connectivity index (χ1v) is 8.35. The van der Waals surface area contributed by atoms with Crippen molar-refractivity contribution in [2.24, 2.45) is 5.92 Å². The zero-order chi connectivity index (χ0) is 15.1. The van der Waals surface area contributed by atoms with Crippen molar-refractivity contribution in [1.29, 1.82) is 0 Å². The highest BCUT2D eigenvalue weighted by Crippen LogP contribution is 2.19. The molecule has 0 unspecified atom stereocenters. The number of nitrogens with one attached hydrogen (secondary N) is 1. The summed E-state index contributed by atoms with van der Waals surface area (Å²) in [6.45, 7) is 12.0. The zero-order valence-corrected chi connectivity index (χ0v) is 13.8. The van der Waals surface area contributed by atoms with Gasteiger partial charge in [-0.2, -0.15) is 0 Å². The predicted octanol–water partition coefficient (Wildman–Crippen LogP) is 3.30. The molecule has 0 bridgehead atoms. The highest BCUT2D eigenvalue weighted by Gasteiger charge is 2.19. The van der Waals surface area contributed by atoms with Crippen LogP contribution >= 0.6 is 0 Å². The summed E-state index contributed by atoms with van der Waals surface area (Å²) < 4.78 is 5.51. The van der Waals surface area contributed by atoms with Crippen LogP contribution in [0.2, 0.25) is 0 Å². The van der Waals surface area contributed by atoms with E-state index >= 15 is 0 Å². The molecule has 0 aromatic heterocycles. The second kappa shape index (κ2) is 8.40. The van der Waals surface area contributed by atoms with Gasteiger partial charge in [0.2, 0.25) is 0 Å². The molecular weight excluding hydrogens is 260 g/mol. The lowest BCUT2D eigenvalue weighted by Gasteiger charge is -2.32. The van der Waals surface area contributed by atoms with Crippen molar-refractivity contribution in [2.75, 3.05) is 26.2 Å². The van der Waals surface area contributed by atoms with E-state index in [9.17, 15) is 0 Å². The Balaban J connectivity index is 1.91. The quantitative estimate of drug-likeness (QED) is 0.834. The fourth-order valence-electron chi connectivity index (χ4n) is 2.95. The summed E-state index contributed by atoms with van der Waals surface area (Å²) in [5, 5.41) is 3.45. The Morgan fingerprint density at radius 2 is 1.86 bits per heavy atom. The normalized spacial score (nSPS) is 16.6. The molecule has 1 aromatic carbocycles. The molecule has 3 heteroatoms. The van der Waals surface area contributed by atoms with Gasteiger partial charge in [0.25, 0.3) is 0 Å². The monoisotopic (exact) mass is 290 g/mol. The number of hydrogen-bond donors (Lipinski definition) is 1. The zero-order valence-electron chi connectivity index (χ0n) is 13.8. The number of nitrogens with zero attached hydrogens (tertiary/aromatic N) is 1. The van der Waals surface area contributed by atoms with Gasteiger partial charge < -0.3 is 10.1 Å². The number of ether oxygens (including phenoxy) is 1. The minimum absolute atomic E-state index is 0.589. The molecule has 1 aliphatic rings. The van der Waals surface area contributed by atoms with Gasteiger partial charge in [-0.05, 0) is 70.3 Å². The predicted molar refractivity (Wildman–Crippen MR) is 88.8 cm³/mol. The van der Waals surface area contributed by atoms with Gasteiger partial charge in [-0.3, -0.25) is 4.90 Å². The average Bonchev–Trinajstić information content (AvgIpc) is 2.50. The smallest absolute Gasteiger partial charge is 0.119 e. The molecule has 0 saturated carbocycles. The van der Waals surface area contributed by atoms with Gasteiger partial charge >= 0.3 is 0 Å². The standard InChI is InChI=1S/C18H30N2O/c1-4-21-18-7-5-16(6-8-18)13-20(15(2)3)14-17-9-11-19-12-10-17/h5-8,15,17,19H,4,9-14H2,1-3H3. The highest BCUT2D eigenvalue weighted by molar-refractivity contribution is 5.27. The first kappa shape index (κ1) is 16.3. The Bertz CT molecular complexity index is 396. The van der Waals surface area contributed by atoms with E-state index in [1.165, 1.54) is 38.0 Å². The molecule has 1 heterocycles. The molecule has 0 radical (unpaired) electrons. The topological polar surface area (TPSA) is 24.5 Å². The molecular formula is C18H30N2O. The minimum atomic E-state index is 0.589. The van der Waals surface area contributed by atoms with E-state index in [0.717, 1.165) is 24.8 Å². The van der Waals surface area contributed by atoms with Crippen molar-refractivity contribution in [1.82, 2.24) is 10.2 Å². The van der Waals surface area contributed by atoms with Crippen LogP contribution in [0.3, 0.4) is 0 Å². The van der Waals surface area contributed by atoms with Gasteiger partial charge in [0.15, 0.2) is 0 Å². The largest absolute Gasteiger partial charge is 0.494 e. The molecule has 3 nitrogen and oxygen atoms in total. The second-order valence-corrected chi connectivity index (χ2v) is 6.29. The summed E-state index contributed by atoms with van der Waals surface area (Å²) in [6, 6.07) is 9.15. The number of piperidine rings is 1. The summed E-state index contributed by atoms with van der Waals surface area (Å²) >= 11 is 0. The molecule has 21 heavy (non-hydrogen) atoms. The van der Waals surface area contributed by atoms with Crippen LogP contribution in [0.15, 0.2) is 24.3 Å². The first-order valence-electron chi connectivity index (χ1n) is 8.35. The van der Waals surface area contributed by atoms with E-state index in [0.29, 0.717) is 6.04 Å². The van der Waals surface area contributed by atoms with Crippen LogP contribution in [-0.4, -0.2) is 37.2 Å². The van der Waals surface area contributed by atoms with Gasteiger partial charge in [-0.1, -0.05) is 12.1 Å². The summed E-state index contributed by atoms with van der Waals surface area (Å²) in [5.74, 6) is 1.81. The van der Waals surface area contributed by atoms with Gasteiger partial charge in [0, 0.05) is 19.1 Å². The lowest BCUT2D eigenvalue weighted by molar-refractivity contribution is 0.162. The third kappa shape index (κ3) is 5.33. The Morgan fingerprint density at radius 1 is 1.19 bits per heavy atom. The number of hydrogen-bond acceptors (Lipinski definition) is 3. The third-order valence-electron chi connectivity index (χ3n) is 4.30. The van der Waals surface area contributed by atoms with Crippen molar-refractivity contribution in [2.45, 2.75) is 46.2 Å². The van der Waals surface area contributed by atoms with Crippen LogP contribution in [0.5, 0.6) is 5.75 Å². The van der Waals surface area contributed by atoms with Gasteiger partial charge in [0.1, 0.15) is 5.75 Å². The van der Waals surface area contributed by atoms with Crippen LogP contribution in [0, 0.1) is 5.92 Å². The second-order valence-electron chi connectivity index (χ2n) is 6.29. The van der Waals surface area contributed by atoms with Gasteiger partial charge in [-0.25, -0.2) is 0 Å². The molecule has 1 saturated heterocycles. The van der Waals surface area contributed by atoms with E-state index in [1.54, 1.807) is 0 Å². The minimum Gasteiger partial charge on any atom is -0.494 e. The molecule has 2 rings (SSSR count). The molecule has 0 atom stereocenters. The van der Waals surface area contributed by atoms with E-state index in [-0.39, 0.29) is 0 Å². The third-order valence-corrected chi connectivity index (χ3v) is 4.30. The lowest BCUT2D eigenvalue weighted by Crippen LogP contribution is -2.39. The van der Waals surface area contributed by atoms with Gasteiger partial charge in [-0.15, -0.1) is 0 Å². The molecule has 0 amide bonds. The van der Waals surface area contributed by atoms with Crippen molar-refractivity contribution in [3.05, 3.63) is 29.8 Å². The summed E-state index contributed by atoms with van der Waals surface area (Å²) in [5.41, 5.74) is 1.38. The van der Waals surface area contributed by atoms with Crippen molar-refractivity contribution in [3.63, 3.8) is 0 Å². The Hall–Kier alpha value is -1.06. The highest BCUT2D eigenvalue weighted by atomic mass is 16.5. The Morgan fingerprint density at radius 3 is 2.43 bits per heavy atom. The van der Waals surface area contributed by atoms with Crippen LogP contribution in [0.4, 0.5) is 0 Å². The Labute approximate surface area is 129 Å². The molecule has 0 aliphatic carbocycles. The van der Waals surface area contributed by atoms with Crippen molar-refractivity contribution >= 4 is 0 Å². The van der Waals surface area contributed by atoms with Crippen LogP contribution in [0.1, 0.15) is 39.2 Å². The SMILES string of the molecule is CCOc1ccc(CN(CC2CCNCC2)C(C)C)cc1. The fourth-order valence-corrected chi connectivity index (χ4v) is 2.95. The van der Waals surface area contributed by atoms with Crippen LogP contribution in [-0.2, 0) is 6.54 Å². The maximum Gasteiger partial charge on any atom is 0.119 e. The van der Waals surface area contributed by atoms with Crippen molar-refractivity contribution < 1.29 is 4.74 Å². The van der Waals surface area contributed by atoms with E-state index in [2.05, 4.69) is 48.3 Å². The summed E-state index contributed by atoms with van der Waals surface area (Å²) in [7, 11) is 0. The summed E-state index contributed by atoms with van der Waals surface area (Å²) in [4.78, 5) is 2.60. The van der Waals surface area contributed by atoms with E-state index < -0.39 is 0 Å². The maximum atomic E-state index is 5.51. The molecule has 1 N–H and O–H groups in total. The molecule has 1 aromatic rings. The lowest BCUT2D eigenvalue weighted by atomic mass is 9.96. The molecule has 1 fully saturated rings. The maximum absolute atomic E-state index is 5.51. The van der Waals surface area contributed by atoms with E-state index in [1.807, 2.05) is 6.92 Å². The molecule has 0 spiro atoms. The average molecular weight is 290 g/mol. The van der Waals surface area contributed by atoms with Crippen molar-refractivity contribution in [3.8, 4) is 5.75 Å². The van der Waals surface area contributed by atoms with E-state index in [4.69, 9.17) is 4.74 Å². The first-order chi connectivity index (χ1) is 10.2. The molecule has 1 aliphatic heterocycles. The van der Waals surface area contributed by atoms with Gasteiger partial charge in [0.05, 0.1) is 6.61 Å². The van der Waals surface area contributed by atoms with Crippen LogP contribution < -0.4 is 10.1 Å². The molecule has 118 valence electrons. The Kier molecular flexibility index (Phi) is 6.52. The fraction of sp³-hybridized carbons (Fsp3) is 0.667. The number of benzene rings is 1. The van der Waals surface area contributed by atoms with Crippen LogP contribution in [0.25, 0.3) is 0 Å². The summed E-state index contributed by atoms with van der Waals surface area (Å²) in [6.07, 6.45) is 2.62. The number of rotatable bonds is 7.